The highest BCUT2D eigenvalue weighted by Crippen LogP contribution is 2.50. The molecule has 2 heterocycles. The van der Waals surface area contributed by atoms with Gasteiger partial charge >= 0.3 is 0 Å². The minimum atomic E-state index is 0.389. The van der Waals surface area contributed by atoms with Crippen LogP contribution in [0.4, 0.5) is 0 Å². The standard InChI is InChI=1S/C14H28N2/c1-12(2,3)13(4)9-14(5-7-15-10-13)6-8-16-11-14/h15-16H,5-11H2,1-4H3. The molecule has 2 saturated heterocycles. The third kappa shape index (κ3) is 2.14. The Morgan fingerprint density at radius 3 is 2.00 bits per heavy atom. The van der Waals surface area contributed by atoms with E-state index in [2.05, 4.69) is 38.3 Å². The fourth-order valence-corrected chi connectivity index (χ4v) is 3.39. The number of rotatable bonds is 0. The van der Waals surface area contributed by atoms with Crippen LogP contribution in [0.5, 0.6) is 0 Å². The van der Waals surface area contributed by atoms with Crippen molar-refractivity contribution < 1.29 is 0 Å². The maximum absolute atomic E-state index is 3.67. The normalized spacial score (nSPS) is 41.2. The van der Waals surface area contributed by atoms with E-state index in [-0.39, 0.29) is 0 Å². The third-order valence-electron chi connectivity index (χ3n) is 5.26. The van der Waals surface area contributed by atoms with Gasteiger partial charge in [-0.15, -0.1) is 0 Å². The van der Waals surface area contributed by atoms with Crippen molar-refractivity contribution in [2.45, 2.75) is 47.0 Å². The smallest absolute Gasteiger partial charge is 0.00104 e. The molecule has 2 nitrogen and oxygen atoms in total. The third-order valence-corrected chi connectivity index (χ3v) is 5.26. The lowest BCUT2D eigenvalue weighted by atomic mass is 9.60. The second-order valence-electron chi connectivity index (χ2n) is 7.34. The van der Waals surface area contributed by atoms with Crippen molar-refractivity contribution in [2.24, 2.45) is 16.2 Å². The summed E-state index contributed by atoms with van der Waals surface area (Å²) >= 11 is 0. The summed E-state index contributed by atoms with van der Waals surface area (Å²) in [7, 11) is 0. The zero-order valence-corrected chi connectivity index (χ0v) is 11.4. The molecule has 2 atom stereocenters. The molecular weight excluding hydrogens is 196 g/mol. The monoisotopic (exact) mass is 224 g/mol. The fourth-order valence-electron chi connectivity index (χ4n) is 3.39. The van der Waals surface area contributed by atoms with Gasteiger partial charge in [0.2, 0.25) is 0 Å². The van der Waals surface area contributed by atoms with E-state index in [4.69, 9.17) is 0 Å². The van der Waals surface area contributed by atoms with Gasteiger partial charge in [0.05, 0.1) is 0 Å². The van der Waals surface area contributed by atoms with Crippen LogP contribution in [0.1, 0.15) is 47.0 Å². The maximum atomic E-state index is 3.67. The predicted molar refractivity (Wildman–Crippen MR) is 69.6 cm³/mol. The van der Waals surface area contributed by atoms with E-state index in [9.17, 15) is 0 Å². The maximum Gasteiger partial charge on any atom is 0.00104 e. The summed E-state index contributed by atoms with van der Waals surface area (Å²) in [4.78, 5) is 0. The second kappa shape index (κ2) is 3.99. The Kier molecular flexibility index (Phi) is 3.09. The molecule has 2 rings (SSSR count). The summed E-state index contributed by atoms with van der Waals surface area (Å²) in [6, 6.07) is 0. The molecule has 0 bridgehead atoms. The molecule has 0 aromatic carbocycles. The molecule has 0 amide bonds. The Labute approximate surface area is 101 Å². The van der Waals surface area contributed by atoms with Crippen molar-refractivity contribution in [3.8, 4) is 0 Å². The van der Waals surface area contributed by atoms with Crippen LogP contribution in [0.25, 0.3) is 0 Å². The molecule has 0 aromatic rings. The van der Waals surface area contributed by atoms with Crippen LogP contribution in [0.3, 0.4) is 0 Å². The van der Waals surface area contributed by atoms with Crippen molar-refractivity contribution >= 4 is 0 Å². The van der Waals surface area contributed by atoms with E-state index >= 15 is 0 Å². The molecule has 2 N–H and O–H groups in total. The topological polar surface area (TPSA) is 24.1 Å². The molecule has 2 unspecified atom stereocenters. The molecule has 2 aliphatic rings. The average molecular weight is 224 g/mol. The van der Waals surface area contributed by atoms with E-state index in [1.165, 1.54) is 45.4 Å². The van der Waals surface area contributed by atoms with Crippen molar-refractivity contribution in [3.63, 3.8) is 0 Å². The van der Waals surface area contributed by atoms with Crippen molar-refractivity contribution in [3.05, 3.63) is 0 Å². The van der Waals surface area contributed by atoms with E-state index in [1.807, 2.05) is 0 Å². The van der Waals surface area contributed by atoms with Gasteiger partial charge in [-0.3, -0.25) is 0 Å². The molecule has 1 spiro atoms. The Balaban J connectivity index is 2.21. The Morgan fingerprint density at radius 2 is 1.50 bits per heavy atom. The summed E-state index contributed by atoms with van der Waals surface area (Å²) in [6.07, 6.45) is 4.11. The van der Waals surface area contributed by atoms with E-state index < -0.39 is 0 Å². The lowest BCUT2D eigenvalue weighted by molar-refractivity contribution is 0.0559. The summed E-state index contributed by atoms with van der Waals surface area (Å²) in [5.41, 5.74) is 1.39. The highest BCUT2D eigenvalue weighted by molar-refractivity contribution is 5.00. The van der Waals surface area contributed by atoms with Gasteiger partial charge in [-0.25, -0.2) is 0 Å². The van der Waals surface area contributed by atoms with Gasteiger partial charge in [0.1, 0.15) is 0 Å². The molecule has 0 radical (unpaired) electrons. The summed E-state index contributed by atoms with van der Waals surface area (Å²) in [5.74, 6) is 0. The molecule has 0 saturated carbocycles. The summed E-state index contributed by atoms with van der Waals surface area (Å²) < 4.78 is 0. The van der Waals surface area contributed by atoms with E-state index in [1.54, 1.807) is 0 Å². The largest absolute Gasteiger partial charge is 0.316 e. The van der Waals surface area contributed by atoms with Gasteiger partial charge in [-0.1, -0.05) is 27.7 Å². The second-order valence-corrected chi connectivity index (χ2v) is 7.34. The number of hydrogen-bond acceptors (Lipinski definition) is 2. The van der Waals surface area contributed by atoms with Gasteiger partial charge in [0.25, 0.3) is 0 Å². The highest BCUT2D eigenvalue weighted by atomic mass is 15.0. The van der Waals surface area contributed by atoms with Crippen molar-refractivity contribution in [2.75, 3.05) is 26.2 Å². The van der Waals surface area contributed by atoms with Crippen LogP contribution in [0.2, 0.25) is 0 Å². The Morgan fingerprint density at radius 1 is 0.938 bits per heavy atom. The van der Waals surface area contributed by atoms with Gasteiger partial charge in [0, 0.05) is 13.1 Å². The molecule has 94 valence electrons. The lowest BCUT2D eigenvalue weighted by Gasteiger charge is -2.45. The molecule has 0 aromatic heterocycles. The van der Waals surface area contributed by atoms with Crippen LogP contribution < -0.4 is 10.6 Å². The van der Waals surface area contributed by atoms with E-state index in [0.717, 1.165) is 0 Å². The van der Waals surface area contributed by atoms with Gasteiger partial charge in [-0.2, -0.15) is 0 Å². The Bertz CT molecular complexity index is 248. The van der Waals surface area contributed by atoms with Crippen molar-refractivity contribution in [1.29, 1.82) is 0 Å². The zero-order chi connectivity index (χ0) is 11.9. The first-order valence-corrected chi connectivity index (χ1v) is 6.79. The summed E-state index contributed by atoms with van der Waals surface area (Å²) in [5, 5.41) is 7.24. The van der Waals surface area contributed by atoms with Gasteiger partial charge in [0.15, 0.2) is 0 Å². The zero-order valence-electron chi connectivity index (χ0n) is 11.4. The fraction of sp³-hybridized carbons (Fsp3) is 1.00. The molecular formula is C14H28N2. The van der Waals surface area contributed by atoms with Crippen LogP contribution >= 0.6 is 0 Å². The van der Waals surface area contributed by atoms with Gasteiger partial charge in [-0.05, 0) is 48.6 Å². The summed E-state index contributed by atoms with van der Waals surface area (Å²) in [6.45, 7) is 14.5. The minimum Gasteiger partial charge on any atom is -0.316 e. The quantitative estimate of drug-likeness (QED) is 0.660. The molecule has 2 heteroatoms. The van der Waals surface area contributed by atoms with Crippen LogP contribution in [-0.4, -0.2) is 26.2 Å². The number of nitrogens with one attached hydrogen (secondary N) is 2. The molecule has 2 fully saturated rings. The SMILES string of the molecule is CC(C)(C)C1(C)CNCCC2(CCNC2)C1. The highest BCUT2D eigenvalue weighted by Gasteiger charge is 2.47. The average Bonchev–Trinajstić information content (AvgIpc) is 2.51. The molecule has 2 aliphatic heterocycles. The van der Waals surface area contributed by atoms with Crippen LogP contribution in [0, 0.1) is 16.2 Å². The minimum absolute atomic E-state index is 0.389. The first-order valence-electron chi connectivity index (χ1n) is 6.79. The molecule has 0 aliphatic carbocycles. The van der Waals surface area contributed by atoms with Crippen LogP contribution in [-0.2, 0) is 0 Å². The first kappa shape index (κ1) is 12.4. The van der Waals surface area contributed by atoms with Crippen molar-refractivity contribution in [1.82, 2.24) is 10.6 Å². The number of hydrogen-bond donors (Lipinski definition) is 2. The van der Waals surface area contributed by atoms with E-state index in [0.29, 0.717) is 16.2 Å². The Hall–Kier alpha value is -0.0800. The van der Waals surface area contributed by atoms with Crippen LogP contribution in [0.15, 0.2) is 0 Å². The first-order chi connectivity index (χ1) is 7.37. The lowest BCUT2D eigenvalue weighted by Crippen LogP contribution is -2.43. The van der Waals surface area contributed by atoms with Gasteiger partial charge < -0.3 is 10.6 Å². The predicted octanol–water partition coefficient (Wildman–Crippen LogP) is 2.40. The molecule has 16 heavy (non-hydrogen) atoms.